The van der Waals surface area contributed by atoms with Crippen molar-refractivity contribution in [2.24, 2.45) is 0 Å². The second kappa shape index (κ2) is 8.37. The zero-order chi connectivity index (χ0) is 19.4. The van der Waals surface area contributed by atoms with E-state index < -0.39 is 0 Å². The van der Waals surface area contributed by atoms with Crippen molar-refractivity contribution in [2.75, 3.05) is 10.6 Å². The average molecular weight is 444 g/mol. The molecule has 0 fully saturated rings. The second-order valence-electron chi connectivity index (χ2n) is 5.92. The van der Waals surface area contributed by atoms with Gasteiger partial charge in [0.25, 0.3) is 11.8 Å². The lowest BCUT2D eigenvalue weighted by Crippen LogP contribution is -2.18. The number of amides is 2. The van der Waals surface area contributed by atoms with E-state index in [-0.39, 0.29) is 11.8 Å². The molecule has 2 amide bonds. The van der Waals surface area contributed by atoms with Gasteiger partial charge in [-0.2, -0.15) is 0 Å². The summed E-state index contributed by atoms with van der Waals surface area (Å²) in [6.45, 7) is 1.92. The number of anilines is 2. The van der Waals surface area contributed by atoms with E-state index in [1.165, 1.54) is 0 Å². The molecule has 0 aromatic heterocycles. The van der Waals surface area contributed by atoms with Gasteiger partial charge in [0.2, 0.25) is 0 Å². The van der Waals surface area contributed by atoms with Crippen LogP contribution in [0, 0.1) is 6.92 Å². The van der Waals surface area contributed by atoms with E-state index in [4.69, 9.17) is 11.6 Å². The van der Waals surface area contributed by atoms with E-state index in [0.717, 1.165) is 5.56 Å². The van der Waals surface area contributed by atoms with Gasteiger partial charge in [-0.15, -0.1) is 0 Å². The first-order valence-electron chi connectivity index (χ1n) is 8.18. The fourth-order valence-corrected chi connectivity index (χ4v) is 3.28. The van der Waals surface area contributed by atoms with Gasteiger partial charge < -0.3 is 10.6 Å². The third-order valence-corrected chi connectivity index (χ3v) is 4.92. The van der Waals surface area contributed by atoms with E-state index in [9.17, 15) is 9.59 Å². The lowest BCUT2D eigenvalue weighted by Gasteiger charge is -2.13. The molecule has 3 aromatic carbocycles. The summed E-state index contributed by atoms with van der Waals surface area (Å²) in [5, 5.41) is 6.04. The molecule has 6 heteroatoms. The molecule has 0 aliphatic carbocycles. The fraction of sp³-hybridized carbons (Fsp3) is 0.0476. The van der Waals surface area contributed by atoms with Crippen molar-refractivity contribution >= 4 is 50.7 Å². The SMILES string of the molecule is Cc1ccc(NC(=O)c2ccccc2NC(=O)c2ccccc2Br)c(Cl)c1. The summed E-state index contributed by atoms with van der Waals surface area (Å²) in [4.78, 5) is 25.3. The Bertz CT molecular complexity index is 1020. The summed E-state index contributed by atoms with van der Waals surface area (Å²) >= 11 is 9.55. The topological polar surface area (TPSA) is 58.2 Å². The van der Waals surface area contributed by atoms with Gasteiger partial charge in [-0.3, -0.25) is 9.59 Å². The molecule has 0 radical (unpaired) electrons. The zero-order valence-electron chi connectivity index (χ0n) is 14.4. The highest BCUT2D eigenvalue weighted by Gasteiger charge is 2.16. The van der Waals surface area contributed by atoms with Gasteiger partial charge in [0, 0.05) is 4.47 Å². The monoisotopic (exact) mass is 442 g/mol. The van der Waals surface area contributed by atoms with Crippen LogP contribution < -0.4 is 10.6 Å². The Morgan fingerprint density at radius 2 is 1.41 bits per heavy atom. The molecule has 0 saturated heterocycles. The first-order chi connectivity index (χ1) is 13.0. The summed E-state index contributed by atoms with van der Waals surface area (Å²) in [6.07, 6.45) is 0. The standard InChI is InChI=1S/C21H16BrClN2O2/c1-13-10-11-19(17(23)12-13)25-21(27)15-7-3-5-9-18(15)24-20(26)14-6-2-4-8-16(14)22/h2-12H,1H3,(H,24,26)(H,25,27). The molecule has 4 nitrogen and oxygen atoms in total. The maximum atomic E-state index is 12.7. The van der Waals surface area contributed by atoms with E-state index in [1.54, 1.807) is 54.6 Å². The molecule has 27 heavy (non-hydrogen) atoms. The van der Waals surface area contributed by atoms with Crippen LogP contribution in [0.25, 0.3) is 0 Å². The molecule has 0 spiro atoms. The highest BCUT2D eigenvalue weighted by molar-refractivity contribution is 9.10. The smallest absolute Gasteiger partial charge is 0.257 e. The van der Waals surface area contributed by atoms with Crippen molar-refractivity contribution in [3.63, 3.8) is 0 Å². The van der Waals surface area contributed by atoms with Crippen LogP contribution in [-0.4, -0.2) is 11.8 Å². The molecule has 0 unspecified atom stereocenters. The van der Waals surface area contributed by atoms with Gasteiger partial charge in [-0.25, -0.2) is 0 Å². The lowest BCUT2D eigenvalue weighted by atomic mass is 10.1. The molecular weight excluding hydrogens is 428 g/mol. The average Bonchev–Trinajstić information content (AvgIpc) is 2.64. The Kier molecular flexibility index (Phi) is 5.94. The Labute approximate surface area is 170 Å². The van der Waals surface area contributed by atoms with Crippen molar-refractivity contribution in [3.8, 4) is 0 Å². The number of aryl methyl sites for hydroxylation is 1. The maximum Gasteiger partial charge on any atom is 0.257 e. The summed E-state index contributed by atoms with van der Waals surface area (Å²) in [5.41, 5.74) is 2.75. The van der Waals surface area contributed by atoms with Crippen molar-refractivity contribution in [3.05, 3.63) is 92.9 Å². The number of para-hydroxylation sites is 1. The quantitative estimate of drug-likeness (QED) is 0.526. The van der Waals surface area contributed by atoms with Gasteiger partial charge >= 0.3 is 0 Å². The Morgan fingerprint density at radius 1 is 0.815 bits per heavy atom. The van der Waals surface area contributed by atoms with Crippen LogP contribution in [-0.2, 0) is 0 Å². The predicted molar refractivity (Wildman–Crippen MR) is 113 cm³/mol. The first-order valence-corrected chi connectivity index (χ1v) is 9.35. The molecule has 136 valence electrons. The number of carbonyl (C=O) groups excluding carboxylic acids is 2. The minimum absolute atomic E-state index is 0.309. The van der Waals surface area contributed by atoms with E-state index in [2.05, 4.69) is 26.6 Å². The van der Waals surface area contributed by atoms with Crippen LogP contribution in [0.4, 0.5) is 11.4 Å². The van der Waals surface area contributed by atoms with E-state index in [1.807, 2.05) is 19.1 Å². The van der Waals surface area contributed by atoms with Gasteiger partial charge in [-0.1, -0.05) is 41.9 Å². The minimum atomic E-state index is -0.358. The number of hydrogen-bond acceptors (Lipinski definition) is 2. The molecule has 3 rings (SSSR count). The molecule has 3 aromatic rings. The summed E-state index contributed by atoms with van der Waals surface area (Å²) in [7, 11) is 0. The highest BCUT2D eigenvalue weighted by Crippen LogP contribution is 2.25. The molecule has 0 atom stereocenters. The first kappa shape index (κ1) is 19.1. The van der Waals surface area contributed by atoms with Gasteiger partial charge in [-0.05, 0) is 64.8 Å². The van der Waals surface area contributed by atoms with E-state index >= 15 is 0 Å². The minimum Gasteiger partial charge on any atom is -0.321 e. The van der Waals surface area contributed by atoms with Crippen LogP contribution in [0.15, 0.2) is 71.2 Å². The molecule has 2 N–H and O–H groups in total. The van der Waals surface area contributed by atoms with Crippen molar-refractivity contribution in [2.45, 2.75) is 6.92 Å². The summed E-state index contributed by atoms with van der Waals surface area (Å²) < 4.78 is 0.677. The Balaban J connectivity index is 1.84. The lowest BCUT2D eigenvalue weighted by molar-refractivity contribution is 0.102. The summed E-state index contributed by atoms with van der Waals surface area (Å²) in [6, 6.07) is 19.3. The van der Waals surface area contributed by atoms with Crippen LogP contribution in [0.2, 0.25) is 5.02 Å². The second-order valence-corrected chi connectivity index (χ2v) is 7.18. The Hall–Kier alpha value is -2.63. The predicted octanol–water partition coefficient (Wildman–Crippen LogP) is 5.92. The van der Waals surface area contributed by atoms with Crippen LogP contribution in [0.5, 0.6) is 0 Å². The van der Waals surface area contributed by atoms with Crippen LogP contribution in [0.3, 0.4) is 0 Å². The third kappa shape index (κ3) is 4.56. The van der Waals surface area contributed by atoms with Crippen molar-refractivity contribution < 1.29 is 9.59 Å². The molecule has 0 heterocycles. The van der Waals surface area contributed by atoms with E-state index in [0.29, 0.717) is 32.0 Å². The van der Waals surface area contributed by atoms with Crippen molar-refractivity contribution in [1.29, 1.82) is 0 Å². The molecule has 0 aliphatic heterocycles. The number of rotatable bonds is 4. The third-order valence-electron chi connectivity index (χ3n) is 3.91. The molecular formula is C21H16BrClN2O2. The van der Waals surface area contributed by atoms with Gasteiger partial charge in [0.05, 0.1) is 27.5 Å². The number of halogens is 2. The van der Waals surface area contributed by atoms with Crippen LogP contribution >= 0.6 is 27.5 Å². The number of nitrogens with one attached hydrogen (secondary N) is 2. The molecule has 0 aliphatic rings. The highest BCUT2D eigenvalue weighted by atomic mass is 79.9. The normalized spacial score (nSPS) is 10.3. The summed E-state index contributed by atoms with van der Waals surface area (Å²) in [5.74, 6) is -0.667. The number of benzene rings is 3. The number of carbonyl (C=O) groups is 2. The van der Waals surface area contributed by atoms with Gasteiger partial charge in [0.15, 0.2) is 0 Å². The van der Waals surface area contributed by atoms with Crippen molar-refractivity contribution in [1.82, 2.24) is 0 Å². The number of hydrogen-bond donors (Lipinski definition) is 2. The zero-order valence-corrected chi connectivity index (χ0v) is 16.8. The Morgan fingerprint density at radius 3 is 2.11 bits per heavy atom. The fourth-order valence-electron chi connectivity index (χ4n) is 2.54. The largest absolute Gasteiger partial charge is 0.321 e. The maximum absolute atomic E-state index is 12.7. The van der Waals surface area contributed by atoms with Gasteiger partial charge in [0.1, 0.15) is 0 Å². The molecule has 0 bridgehead atoms. The molecule has 0 saturated carbocycles. The van der Waals surface area contributed by atoms with Crippen LogP contribution in [0.1, 0.15) is 26.3 Å².